The summed E-state index contributed by atoms with van der Waals surface area (Å²) in [5.74, 6) is -4.16. The van der Waals surface area contributed by atoms with Gasteiger partial charge in [0.15, 0.2) is 0 Å². The van der Waals surface area contributed by atoms with Crippen LogP contribution in [0.3, 0.4) is 0 Å². The number of amides is 4. The van der Waals surface area contributed by atoms with Crippen LogP contribution in [0.15, 0.2) is 0 Å². The van der Waals surface area contributed by atoms with Gasteiger partial charge in [0.05, 0.1) is 0 Å². The van der Waals surface area contributed by atoms with Crippen LogP contribution in [-0.2, 0) is 19.2 Å². The lowest BCUT2D eigenvalue weighted by molar-refractivity contribution is -0.137. The first-order valence-electron chi connectivity index (χ1n) is 3.60. The third-order valence-corrected chi connectivity index (χ3v) is 1.14. The van der Waals surface area contributed by atoms with E-state index < -0.39 is 23.6 Å². The Morgan fingerprint density at radius 2 is 1.07 bits per heavy atom. The van der Waals surface area contributed by atoms with E-state index in [0.29, 0.717) is 0 Å². The number of hydrogen-bond donors (Lipinski definition) is 4. The monoisotopic (exact) mass is 202 g/mol. The zero-order chi connectivity index (χ0) is 11.1. The molecule has 0 fully saturated rings. The van der Waals surface area contributed by atoms with Crippen LogP contribution in [0.2, 0.25) is 0 Å². The molecule has 0 unspecified atom stereocenters. The summed E-state index contributed by atoms with van der Waals surface area (Å²) in [5, 5.41) is 4.19. The van der Waals surface area contributed by atoms with Crippen molar-refractivity contribution in [3.8, 4) is 0 Å². The van der Waals surface area contributed by atoms with Gasteiger partial charge >= 0.3 is 23.6 Å². The number of primary amides is 2. The number of nitrogens with two attached hydrogens (primary N) is 2. The fraction of sp³-hybridized carbons (Fsp3) is 0.333. The fourth-order valence-corrected chi connectivity index (χ4v) is 0.526. The van der Waals surface area contributed by atoms with Gasteiger partial charge in [0.25, 0.3) is 0 Å². The SMILES string of the molecule is NC(=O)C(=O)NCCNC(=O)C(N)=O. The van der Waals surface area contributed by atoms with Crippen molar-refractivity contribution in [2.75, 3.05) is 13.1 Å². The van der Waals surface area contributed by atoms with Crippen molar-refractivity contribution < 1.29 is 19.2 Å². The Morgan fingerprint density at radius 1 is 0.786 bits per heavy atom. The van der Waals surface area contributed by atoms with Crippen LogP contribution < -0.4 is 22.1 Å². The second-order valence-corrected chi connectivity index (χ2v) is 2.24. The Labute approximate surface area is 79.0 Å². The third-order valence-electron chi connectivity index (χ3n) is 1.14. The highest BCUT2D eigenvalue weighted by Gasteiger charge is 2.09. The van der Waals surface area contributed by atoms with E-state index in [1.807, 2.05) is 0 Å². The number of nitrogens with one attached hydrogen (secondary N) is 2. The molecule has 0 saturated heterocycles. The van der Waals surface area contributed by atoms with E-state index in [9.17, 15) is 19.2 Å². The van der Waals surface area contributed by atoms with Crippen LogP contribution in [0.4, 0.5) is 0 Å². The lowest BCUT2D eigenvalue weighted by atomic mass is 10.5. The molecule has 0 saturated carbocycles. The van der Waals surface area contributed by atoms with Gasteiger partial charge in [-0.1, -0.05) is 0 Å². The standard InChI is InChI=1S/C6H10N4O4/c7-3(11)5(13)9-1-2-10-6(14)4(8)12/h1-2H2,(H2,7,11)(H2,8,12)(H,9,13)(H,10,14). The molecule has 0 atom stereocenters. The summed E-state index contributed by atoms with van der Waals surface area (Å²) in [6.45, 7) is -0.0262. The van der Waals surface area contributed by atoms with Crippen molar-refractivity contribution in [1.29, 1.82) is 0 Å². The van der Waals surface area contributed by atoms with Crippen LogP contribution in [0.25, 0.3) is 0 Å². The molecule has 0 aliphatic heterocycles. The van der Waals surface area contributed by atoms with Gasteiger partial charge in [-0.15, -0.1) is 0 Å². The predicted molar refractivity (Wildman–Crippen MR) is 44.4 cm³/mol. The van der Waals surface area contributed by atoms with Crippen LogP contribution in [0.1, 0.15) is 0 Å². The maximum atomic E-state index is 10.5. The van der Waals surface area contributed by atoms with Gasteiger partial charge in [0, 0.05) is 13.1 Å². The molecule has 0 aliphatic carbocycles. The maximum absolute atomic E-state index is 10.5. The predicted octanol–water partition coefficient (Wildman–Crippen LogP) is -3.81. The van der Waals surface area contributed by atoms with Crippen molar-refractivity contribution in [3.63, 3.8) is 0 Å². The molecule has 0 aromatic heterocycles. The van der Waals surface area contributed by atoms with E-state index in [1.165, 1.54) is 0 Å². The Kier molecular flexibility index (Phi) is 4.68. The number of carbonyl (C=O) groups excluding carboxylic acids is 4. The number of rotatable bonds is 3. The topological polar surface area (TPSA) is 144 Å². The molecular formula is C6H10N4O4. The van der Waals surface area contributed by atoms with Crippen molar-refractivity contribution in [1.82, 2.24) is 10.6 Å². The molecule has 0 aromatic carbocycles. The molecule has 14 heavy (non-hydrogen) atoms. The normalized spacial score (nSPS) is 8.86. The van der Waals surface area contributed by atoms with E-state index in [4.69, 9.17) is 0 Å². The van der Waals surface area contributed by atoms with Crippen LogP contribution in [0.5, 0.6) is 0 Å². The fourth-order valence-electron chi connectivity index (χ4n) is 0.526. The molecule has 8 heteroatoms. The Bertz CT molecular complexity index is 247. The minimum absolute atomic E-state index is 0.0131. The summed E-state index contributed by atoms with van der Waals surface area (Å²) in [6.07, 6.45) is 0. The van der Waals surface area contributed by atoms with Crippen LogP contribution >= 0.6 is 0 Å². The number of carbonyl (C=O) groups is 4. The molecule has 4 amide bonds. The van der Waals surface area contributed by atoms with Crippen LogP contribution in [-0.4, -0.2) is 36.7 Å². The van der Waals surface area contributed by atoms with E-state index in [0.717, 1.165) is 0 Å². The van der Waals surface area contributed by atoms with Crippen molar-refractivity contribution in [2.24, 2.45) is 11.5 Å². The summed E-state index contributed by atoms with van der Waals surface area (Å²) >= 11 is 0. The van der Waals surface area contributed by atoms with E-state index >= 15 is 0 Å². The summed E-state index contributed by atoms with van der Waals surface area (Å²) < 4.78 is 0. The van der Waals surface area contributed by atoms with Gasteiger partial charge in [-0.3, -0.25) is 19.2 Å². The summed E-state index contributed by atoms with van der Waals surface area (Å²) in [5.41, 5.74) is 9.23. The molecule has 6 N–H and O–H groups in total. The van der Waals surface area contributed by atoms with Crippen LogP contribution in [0, 0.1) is 0 Å². The second kappa shape index (κ2) is 5.51. The van der Waals surface area contributed by atoms with Gasteiger partial charge in [-0.2, -0.15) is 0 Å². The molecule has 0 spiro atoms. The van der Waals surface area contributed by atoms with Crippen molar-refractivity contribution in [3.05, 3.63) is 0 Å². The molecule has 0 heterocycles. The third kappa shape index (κ3) is 4.70. The first-order valence-corrected chi connectivity index (χ1v) is 3.60. The maximum Gasteiger partial charge on any atom is 0.309 e. The minimum atomic E-state index is -1.12. The van der Waals surface area contributed by atoms with Gasteiger partial charge < -0.3 is 22.1 Å². The van der Waals surface area contributed by atoms with E-state index in [1.54, 1.807) is 0 Å². The Morgan fingerprint density at radius 3 is 1.29 bits per heavy atom. The van der Waals surface area contributed by atoms with E-state index in [-0.39, 0.29) is 13.1 Å². The average molecular weight is 202 g/mol. The van der Waals surface area contributed by atoms with Crippen molar-refractivity contribution >= 4 is 23.6 Å². The van der Waals surface area contributed by atoms with Gasteiger partial charge in [-0.05, 0) is 0 Å². The summed E-state index contributed by atoms with van der Waals surface area (Å²) in [4.78, 5) is 41.4. The first-order chi connectivity index (χ1) is 6.45. The molecule has 0 rings (SSSR count). The lowest BCUT2D eigenvalue weighted by Crippen LogP contribution is -2.43. The zero-order valence-electron chi connectivity index (χ0n) is 7.20. The molecule has 0 bridgehead atoms. The minimum Gasteiger partial charge on any atom is -0.361 e. The molecular weight excluding hydrogens is 192 g/mol. The number of hydrogen-bond acceptors (Lipinski definition) is 4. The highest BCUT2D eigenvalue weighted by Crippen LogP contribution is 1.65. The first kappa shape index (κ1) is 11.9. The Hall–Kier alpha value is -2.12. The Balaban J connectivity index is 3.57. The second-order valence-electron chi connectivity index (χ2n) is 2.24. The smallest absolute Gasteiger partial charge is 0.309 e. The zero-order valence-corrected chi connectivity index (χ0v) is 7.20. The van der Waals surface area contributed by atoms with Gasteiger partial charge in [0.2, 0.25) is 0 Å². The lowest BCUT2D eigenvalue weighted by Gasteiger charge is -2.02. The van der Waals surface area contributed by atoms with Gasteiger partial charge in [-0.25, -0.2) is 0 Å². The quantitative estimate of drug-likeness (QED) is 0.274. The highest BCUT2D eigenvalue weighted by molar-refractivity contribution is 6.35. The highest BCUT2D eigenvalue weighted by atomic mass is 16.2. The molecule has 8 nitrogen and oxygen atoms in total. The summed E-state index contributed by atoms with van der Waals surface area (Å²) in [6, 6.07) is 0. The van der Waals surface area contributed by atoms with E-state index in [2.05, 4.69) is 22.1 Å². The molecule has 78 valence electrons. The molecule has 0 aromatic rings. The molecule has 0 radical (unpaired) electrons. The van der Waals surface area contributed by atoms with Gasteiger partial charge in [0.1, 0.15) is 0 Å². The largest absolute Gasteiger partial charge is 0.361 e. The summed E-state index contributed by atoms with van der Waals surface area (Å²) in [7, 11) is 0. The van der Waals surface area contributed by atoms with Crippen molar-refractivity contribution in [2.45, 2.75) is 0 Å². The molecule has 0 aliphatic rings. The average Bonchev–Trinajstić information content (AvgIpc) is 2.11.